The molecule has 3 unspecified atom stereocenters. The number of ether oxygens (including phenoxy) is 2. The van der Waals surface area contributed by atoms with E-state index in [1.54, 1.807) is 0 Å². The molecule has 1 heterocycles. The molecule has 1 saturated carbocycles. The van der Waals surface area contributed by atoms with Crippen LogP contribution in [0.3, 0.4) is 0 Å². The third-order valence-electron chi connectivity index (χ3n) is 3.42. The summed E-state index contributed by atoms with van der Waals surface area (Å²) in [5, 5.41) is 0. The van der Waals surface area contributed by atoms with Crippen molar-refractivity contribution < 1.29 is 23.9 Å². The Hall–Kier alpha value is -1.91. The first-order valence-electron chi connectivity index (χ1n) is 6.30. The summed E-state index contributed by atoms with van der Waals surface area (Å²) in [6.07, 6.45) is 6.18. The molecule has 0 aromatic carbocycles. The number of hydrogen-bond donors (Lipinski definition) is 0. The molecule has 0 aromatic heterocycles. The Morgan fingerprint density at radius 2 is 2.26 bits per heavy atom. The lowest BCUT2D eigenvalue weighted by atomic mass is 9.79. The van der Waals surface area contributed by atoms with Gasteiger partial charge in [-0.25, -0.2) is 0 Å². The lowest BCUT2D eigenvalue weighted by molar-refractivity contribution is -0.152. The molecule has 0 spiro atoms. The van der Waals surface area contributed by atoms with Gasteiger partial charge in [-0.3, -0.25) is 14.4 Å². The number of esters is 1. The van der Waals surface area contributed by atoms with Gasteiger partial charge in [-0.15, -0.1) is 0 Å². The Morgan fingerprint density at radius 1 is 1.47 bits per heavy atom. The van der Waals surface area contributed by atoms with E-state index in [2.05, 4.69) is 0 Å². The molecule has 0 aromatic rings. The molecule has 5 nitrogen and oxygen atoms in total. The molecule has 0 saturated heterocycles. The first-order valence-corrected chi connectivity index (χ1v) is 6.30. The van der Waals surface area contributed by atoms with E-state index in [1.807, 2.05) is 0 Å². The van der Waals surface area contributed by atoms with Gasteiger partial charge in [0.2, 0.25) is 0 Å². The van der Waals surface area contributed by atoms with Crippen molar-refractivity contribution in [3.05, 3.63) is 24.0 Å². The maximum absolute atomic E-state index is 12.2. The minimum atomic E-state index is -0.310. The topological polar surface area (TPSA) is 69.7 Å². The quantitative estimate of drug-likeness (QED) is 0.437. The molecule has 0 amide bonds. The van der Waals surface area contributed by atoms with E-state index in [4.69, 9.17) is 9.47 Å². The van der Waals surface area contributed by atoms with Crippen LogP contribution in [0.25, 0.3) is 0 Å². The number of carbonyl (C=O) groups is 3. The molecule has 3 atom stereocenters. The van der Waals surface area contributed by atoms with Gasteiger partial charge < -0.3 is 9.47 Å². The van der Waals surface area contributed by atoms with Crippen molar-refractivity contribution in [3.63, 3.8) is 0 Å². The Kier molecular flexibility index (Phi) is 4.14. The van der Waals surface area contributed by atoms with E-state index in [0.29, 0.717) is 31.1 Å². The standard InChI is InChI=1S/C14H16O5/c1-9(16)19-11-4-5-12-13(7-11)18-8-10(14(12)17)3-2-6-15/h2-3,6,8,11-13H,4-5,7H2,1H3/b3-2+. The molecule has 19 heavy (non-hydrogen) atoms. The van der Waals surface area contributed by atoms with Crippen LogP contribution < -0.4 is 0 Å². The van der Waals surface area contributed by atoms with Crippen LogP contribution in [0.5, 0.6) is 0 Å². The van der Waals surface area contributed by atoms with Crippen LogP contribution >= 0.6 is 0 Å². The van der Waals surface area contributed by atoms with E-state index in [0.717, 1.165) is 0 Å². The summed E-state index contributed by atoms with van der Waals surface area (Å²) < 4.78 is 10.7. The highest BCUT2D eigenvalue weighted by Gasteiger charge is 2.40. The summed E-state index contributed by atoms with van der Waals surface area (Å²) in [5.74, 6) is -0.519. The average Bonchev–Trinajstić information content (AvgIpc) is 2.37. The number of allylic oxidation sites excluding steroid dienone is 3. The third-order valence-corrected chi connectivity index (χ3v) is 3.42. The molecule has 0 radical (unpaired) electrons. The summed E-state index contributed by atoms with van der Waals surface area (Å²) >= 11 is 0. The van der Waals surface area contributed by atoms with Gasteiger partial charge in [0, 0.05) is 13.3 Å². The first kappa shape index (κ1) is 13.5. The highest BCUT2D eigenvalue weighted by molar-refractivity contribution is 6.01. The molecule has 1 aliphatic carbocycles. The Bertz CT molecular complexity index is 449. The minimum Gasteiger partial charge on any atom is -0.496 e. The molecular weight excluding hydrogens is 248 g/mol. The normalized spacial score (nSPS) is 30.3. The Morgan fingerprint density at radius 3 is 2.95 bits per heavy atom. The Labute approximate surface area is 111 Å². The molecule has 2 rings (SSSR count). The maximum Gasteiger partial charge on any atom is 0.302 e. The Balaban J connectivity index is 2.04. The predicted molar refractivity (Wildman–Crippen MR) is 66.1 cm³/mol. The van der Waals surface area contributed by atoms with Gasteiger partial charge in [-0.05, 0) is 25.0 Å². The molecule has 0 N–H and O–H groups in total. The second-order valence-corrected chi connectivity index (χ2v) is 4.76. The molecule has 1 aliphatic heterocycles. The van der Waals surface area contributed by atoms with Crippen LogP contribution in [0.2, 0.25) is 0 Å². The smallest absolute Gasteiger partial charge is 0.302 e. The van der Waals surface area contributed by atoms with Gasteiger partial charge >= 0.3 is 5.97 Å². The zero-order valence-electron chi connectivity index (χ0n) is 10.7. The van der Waals surface area contributed by atoms with Crippen LogP contribution in [0.15, 0.2) is 24.0 Å². The highest BCUT2D eigenvalue weighted by atomic mass is 16.5. The number of aldehydes is 1. The van der Waals surface area contributed by atoms with Crippen molar-refractivity contribution in [2.45, 2.75) is 38.4 Å². The zero-order chi connectivity index (χ0) is 13.8. The first-order chi connectivity index (χ1) is 9.11. The van der Waals surface area contributed by atoms with E-state index in [9.17, 15) is 14.4 Å². The van der Waals surface area contributed by atoms with Crippen LogP contribution in [0.1, 0.15) is 26.2 Å². The zero-order valence-corrected chi connectivity index (χ0v) is 10.7. The number of carbonyl (C=O) groups excluding carboxylic acids is 3. The molecule has 5 heteroatoms. The van der Waals surface area contributed by atoms with Crippen molar-refractivity contribution in [2.24, 2.45) is 5.92 Å². The number of ketones is 1. The fraction of sp³-hybridized carbons (Fsp3) is 0.500. The van der Waals surface area contributed by atoms with Gasteiger partial charge in [0.1, 0.15) is 18.5 Å². The minimum absolute atomic E-state index is 0.00405. The van der Waals surface area contributed by atoms with Gasteiger partial charge in [-0.1, -0.05) is 0 Å². The number of fused-ring (bicyclic) bond motifs is 1. The van der Waals surface area contributed by atoms with Crippen molar-refractivity contribution >= 4 is 18.0 Å². The highest BCUT2D eigenvalue weighted by Crippen LogP contribution is 2.34. The largest absolute Gasteiger partial charge is 0.496 e. The summed E-state index contributed by atoms with van der Waals surface area (Å²) in [4.78, 5) is 33.4. The summed E-state index contributed by atoms with van der Waals surface area (Å²) in [6, 6.07) is 0. The molecule has 0 bridgehead atoms. The van der Waals surface area contributed by atoms with Crippen LogP contribution in [-0.4, -0.2) is 30.2 Å². The van der Waals surface area contributed by atoms with Crippen LogP contribution in [0, 0.1) is 5.92 Å². The summed E-state index contributed by atoms with van der Waals surface area (Å²) in [6.45, 7) is 1.38. The van der Waals surface area contributed by atoms with E-state index in [-0.39, 0.29) is 29.9 Å². The molecule has 1 fully saturated rings. The van der Waals surface area contributed by atoms with Gasteiger partial charge in [0.15, 0.2) is 5.78 Å². The molecular formula is C14H16O5. The number of Topliss-reactive ketones (excluding diaryl/α,β-unsaturated/α-hetero) is 1. The number of rotatable bonds is 3. The lowest BCUT2D eigenvalue weighted by Gasteiger charge is -2.36. The van der Waals surface area contributed by atoms with Crippen LogP contribution in [-0.2, 0) is 23.9 Å². The van der Waals surface area contributed by atoms with Crippen molar-refractivity contribution in [1.82, 2.24) is 0 Å². The molecule has 102 valence electrons. The SMILES string of the molecule is CC(=O)OC1CCC2C(=O)C(/C=C/C=O)=COC2C1. The lowest BCUT2D eigenvalue weighted by Crippen LogP contribution is -2.41. The van der Waals surface area contributed by atoms with Gasteiger partial charge in [-0.2, -0.15) is 0 Å². The predicted octanol–water partition coefficient (Wildman–Crippen LogP) is 1.33. The van der Waals surface area contributed by atoms with Crippen molar-refractivity contribution in [1.29, 1.82) is 0 Å². The van der Waals surface area contributed by atoms with E-state index >= 15 is 0 Å². The molecule has 2 aliphatic rings. The van der Waals surface area contributed by atoms with Gasteiger partial charge in [0.05, 0.1) is 17.8 Å². The van der Waals surface area contributed by atoms with Crippen LogP contribution in [0.4, 0.5) is 0 Å². The monoisotopic (exact) mass is 264 g/mol. The third kappa shape index (κ3) is 3.10. The fourth-order valence-corrected chi connectivity index (χ4v) is 2.58. The second-order valence-electron chi connectivity index (χ2n) is 4.76. The number of hydrogen-bond acceptors (Lipinski definition) is 5. The van der Waals surface area contributed by atoms with E-state index < -0.39 is 0 Å². The summed E-state index contributed by atoms with van der Waals surface area (Å²) in [5.41, 5.74) is 0.416. The van der Waals surface area contributed by atoms with Crippen molar-refractivity contribution in [2.75, 3.05) is 0 Å². The maximum atomic E-state index is 12.2. The average molecular weight is 264 g/mol. The fourth-order valence-electron chi connectivity index (χ4n) is 2.58. The summed E-state index contributed by atoms with van der Waals surface area (Å²) in [7, 11) is 0. The van der Waals surface area contributed by atoms with Gasteiger partial charge in [0.25, 0.3) is 0 Å². The van der Waals surface area contributed by atoms with E-state index in [1.165, 1.54) is 25.3 Å². The van der Waals surface area contributed by atoms with Crippen molar-refractivity contribution in [3.8, 4) is 0 Å². The second kappa shape index (κ2) is 5.82.